The van der Waals surface area contributed by atoms with Crippen LogP contribution in [0.5, 0.6) is 0 Å². The Morgan fingerprint density at radius 1 is 1.38 bits per heavy atom. The average molecular weight is 226 g/mol. The SMILES string of the molecule is CCN(CC)C(=O)CN(C)C1CCC(=O)C1. The highest BCUT2D eigenvalue weighted by Crippen LogP contribution is 2.19. The van der Waals surface area contributed by atoms with Crippen LogP contribution < -0.4 is 0 Å². The van der Waals surface area contributed by atoms with Crippen molar-refractivity contribution in [3.63, 3.8) is 0 Å². The zero-order valence-corrected chi connectivity index (χ0v) is 10.5. The highest BCUT2D eigenvalue weighted by Gasteiger charge is 2.27. The van der Waals surface area contributed by atoms with E-state index in [2.05, 4.69) is 0 Å². The molecule has 0 saturated heterocycles. The van der Waals surface area contributed by atoms with E-state index in [-0.39, 0.29) is 11.9 Å². The molecule has 92 valence electrons. The molecule has 0 spiro atoms. The van der Waals surface area contributed by atoms with Crippen molar-refractivity contribution in [1.29, 1.82) is 0 Å². The van der Waals surface area contributed by atoms with E-state index in [9.17, 15) is 9.59 Å². The van der Waals surface area contributed by atoms with Crippen molar-refractivity contribution in [2.45, 2.75) is 39.2 Å². The Morgan fingerprint density at radius 3 is 2.44 bits per heavy atom. The molecule has 0 heterocycles. The topological polar surface area (TPSA) is 40.6 Å². The lowest BCUT2D eigenvalue weighted by atomic mass is 10.2. The number of Topliss-reactive ketones (excluding diaryl/α,β-unsaturated/α-hetero) is 1. The zero-order valence-electron chi connectivity index (χ0n) is 10.5. The third kappa shape index (κ3) is 3.30. The first-order valence-corrected chi connectivity index (χ1v) is 6.08. The number of ketones is 1. The van der Waals surface area contributed by atoms with Gasteiger partial charge in [-0.15, -0.1) is 0 Å². The lowest BCUT2D eigenvalue weighted by molar-refractivity contribution is -0.132. The molecule has 1 fully saturated rings. The number of rotatable bonds is 5. The molecule has 1 aliphatic rings. The van der Waals surface area contributed by atoms with Crippen molar-refractivity contribution in [1.82, 2.24) is 9.80 Å². The van der Waals surface area contributed by atoms with Gasteiger partial charge in [-0.3, -0.25) is 14.5 Å². The van der Waals surface area contributed by atoms with Gasteiger partial charge >= 0.3 is 0 Å². The van der Waals surface area contributed by atoms with Crippen molar-refractivity contribution < 1.29 is 9.59 Å². The lowest BCUT2D eigenvalue weighted by Gasteiger charge is -2.26. The largest absolute Gasteiger partial charge is 0.342 e. The van der Waals surface area contributed by atoms with Crippen LogP contribution in [0, 0.1) is 0 Å². The summed E-state index contributed by atoms with van der Waals surface area (Å²) < 4.78 is 0. The monoisotopic (exact) mass is 226 g/mol. The summed E-state index contributed by atoms with van der Waals surface area (Å²) in [5, 5.41) is 0. The number of amides is 1. The number of carbonyl (C=O) groups is 2. The van der Waals surface area contributed by atoms with Gasteiger partial charge in [-0.1, -0.05) is 0 Å². The van der Waals surface area contributed by atoms with Gasteiger partial charge in [0.05, 0.1) is 6.54 Å². The summed E-state index contributed by atoms with van der Waals surface area (Å²) >= 11 is 0. The molecule has 0 aromatic rings. The maximum absolute atomic E-state index is 11.9. The average Bonchev–Trinajstić information content (AvgIpc) is 2.66. The first-order chi connectivity index (χ1) is 7.58. The molecule has 0 aliphatic heterocycles. The third-order valence-corrected chi connectivity index (χ3v) is 3.34. The van der Waals surface area contributed by atoms with Crippen LogP contribution in [-0.4, -0.2) is 54.2 Å². The van der Waals surface area contributed by atoms with Crippen LogP contribution in [0.2, 0.25) is 0 Å². The van der Waals surface area contributed by atoms with E-state index in [0.717, 1.165) is 19.5 Å². The Bertz CT molecular complexity index is 262. The van der Waals surface area contributed by atoms with Crippen molar-refractivity contribution in [3.8, 4) is 0 Å². The molecule has 1 amide bonds. The van der Waals surface area contributed by atoms with E-state index in [4.69, 9.17) is 0 Å². The molecule has 0 aromatic heterocycles. The summed E-state index contributed by atoms with van der Waals surface area (Å²) in [5.74, 6) is 0.485. The van der Waals surface area contributed by atoms with Crippen LogP contribution >= 0.6 is 0 Å². The van der Waals surface area contributed by atoms with Gasteiger partial charge in [-0.05, 0) is 27.3 Å². The highest BCUT2D eigenvalue weighted by atomic mass is 16.2. The Labute approximate surface area is 97.6 Å². The molecule has 0 aromatic carbocycles. The zero-order chi connectivity index (χ0) is 12.1. The minimum Gasteiger partial charge on any atom is -0.342 e. The van der Waals surface area contributed by atoms with Gasteiger partial charge in [0.2, 0.25) is 5.91 Å². The van der Waals surface area contributed by atoms with Crippen LogP contribution in [0.25, 0.3) is 0 Å². The Kier molecular flexibility index (Phi) is 4.93. The molecule has 0 bridgehead atoms. The summed E-state index contributed by atoms with van der Waals surface area (Å²) in [6.45, 7) is 5.92. The van der Waals surface area contributed by atoms with Crippen molar-refractivity contribution in [3.05, 3.63) is 0 Å². The molecular weight excluding hydrogens is 204 g/mol. The maximum atomic E-state index is 11.9. The Balaban J connectivity index is 2.41. The molecule has 1 atom stereocenters. The van der Waals surface area contributed by atoms with Crippen LogP contribution in [0.15, 0.2) is 0 Å². The second kappa shape index (κ2) is 5.99. The standard InChI is InChI=1S/C12H22N2O2/c1-4-14(5-2)12(16)9-13(3)10-6-7-11(15)8-10/h10H,4-9H2,1-3H3. The van der Waals surface area contributed by atoms with E-state index >= 15 is 0 Å². The van der Waals surface area contributed by atoms with Crippen LogP contribution in [-0.2, 0) is 9.59 Å². The number of hydrogen-bond acceptors (Lipinski definition) is 3. The Hall–Kier alpha value is -0.900. The summed E-state index contributed by atoms with van der Waals surface area (Å²) in [5.41, 5.74) is 0. The van der Waals surface area contributed by atoms with Gasteiger partial charge in [0, 0.05) is 32.0 Å². The fraction of sp³-hybridized carbons (Fsp3) is 0.833. The molecule has 0 N–H and O–H groups in total. The van der Waals surface area contributed by atoms with Crippen LogP contribution in [0.1, 0.15) is 33.1 Å². The fourth-order valence-electron chi connectivity index (χ4n) is 2.19. The van der Waals surface area contributed by atoms with Crippen molar-refractivity contribution >= 4 is 11.7 Å². The summed E-state index contributed by atoms with van der Waals surface area (Å²) in [4.78, 5) is 26.9. The first kappa shape index (κ1) is 13.2. The van der Waals surface area contributed by atoms with Crippen LogP contribution in [0.4, 0.5) is 0 Å². The minimum atomic E-state index is 0.159. The lowest BCUT2D eigenvalue weighted by Crippen LogP contribution is -2.42. The van der Waals surface area contributed by atoms with E-state index in [1.54, 1.807) is 0 Å². The summed E-state index contributed by atoms with van der Waals surface area (Å²) in [7, 11) is 1.94. The summed E-state index contributed by atoms with van der Waals surface area (Å²) in [6, 6.07) is 0.270. The molecular formula is C12H22N2O2. The molecule has 1 aliphatic carbocycles. The predicted molar refractivity (Wildman–Crippen MR) is 63.2 cm³/mol. The predicted octanol–water partition coefficient (Wildman–Crippen LogP) is 0.908. The van der Waals surface area contributed by atoms with E-state index in [1.807, 2.05) is 30.7 Å². The molecule has 1 unspecified atom stereocenters. The van der Waals surface area contributed by atoms with E-state index in [1.165, 1.54) is 0 Å². The third-order valence-electron chi connectivity index (χ3n) is 3.34. The van der Waals surface area contributed by atoms with Gasteiger partial charge < -0.3 is 4.90 Å². The fourth-order valence-corrected chi connectivity index (χ4v) is 2.19. The molecule has 16 heavy (non-hydrogen) atoms. The molecule has 1 rings (SSSR count). The van der Waals surface area contributed by atoms with Gasteiger partial charge in [0.25, 0.3) is 0 Å². The first-order valence-electron chi connectivity index (χ1n) is 6.08. The number of carbonyl (C=O) groups excluding carboxylic acids is 2. The number of hydrogen-bond donors (Lipinski definition) is 0. The second-order valence-corrected chi connectivity index (χ2v) is 4.42. The summed E-state index contributed by atoms with van der Waals surface area (Å²) in [6.07, 6.45) is 2.19. The highest BCUT2D eigenvalue weighted by molar-refractivity contribution is 5.82. The number of nitrogens with zero attached hydrogens (tertiary/aromatic N) is 2. The van der Waals surface area contributed by atoms with Crippen LogP contribution in [0.3, 0.4) is 0 Å². The molecule has 1 saturated carbocycles. The van der Waals surface area contributed by atoms with Gasteiger partial charge in [-0.25, -0.2) is 0 Å². The normalized spacial score (nSPS) is 20.5. The smallest absolute Gasteiger partial charge is 0.236 e. The van der Waals surface area contributed by atoms with Crippen molar-refractivity contribution in [2.24, 2.45) is 0 Å². The molecule has 0 radical (unpaired) electrons. The molecule has 4 nitrogen and oxygen atoms in total. The molecule has 4 heteroatoms. The van der Waals surface area contributed by atoms with E-state index in [0.29, 0.717) is 25.2 Å². The maximum Gasteiger partial charge on any atom is 0.236 e. The quantitative estimate of drug-likeness (QED) is 0.699. The second-order valence-electron chi connectivity index (χ2n) is 4.42. The van der Waals surface area contributed by atoms with Crippen molar-refractivity contribution in [2.75, 3.05) is 26.7 Å². The van der Waals surface area contributed by atoms with Gasteiger partial charge in [0.15, 0.2) is 0 Å². The Morgan fingerprint density at radius 2 is 2.00 bits per heavy atom. The van der Waals surface area contributed by atoms with Gasteiger partial charge in [-0.2, -0.15) is 0 Å². The van der Waals surface area contributed by atoms with Gasteiger partial charge in [0.1, 0.15) is 5.78 Å². The minimum absolute atomic E-state index is 0.159. The number of likely N-dealkylation sites (N-methyl/N-ethyl adjacent to an activating group) is 2. The van der Waals surface area contributed by atoms with E-state index < -0.39 is 0 Å².